The molecule has 0 radical (unpaired) electrons. The fourth-order valence-corrected chi connectivity index (χ4v) is 0.464. The van der Waals surface area contributed by atoms with Gasteiger partial charge in [-0.25, -0.2) is 9.59 Å². The lowest BCUT2D eigenvalue weighted by molar-refractivity contribution is 0.241. The maximum atomic E-state index is 10.6. The number of carbonyl (C=O) groups is 2. The third-order valence-corrected chi connectivity index (χ3v) is 0.888. The molecule has 68 valence electrons. The molecule has 6 nitrogen and oxygen atoms in total. The number of rotatable bonds is 2. The zero-order valence-electron chi connectivity index (χ0n) is 7.13. The van der Waals surface area contributed by atoms with Crippen LogP contribution in [0.15, 0.2) is 10.2 Å². The number of nitrogens with zero attached hydrogens (tertiary/aromatic N) is 2. The van der Waals surface area contributed by atoms with Gasteiger partial charge >= 0.3 is 12.1 Å². The molecule has 0 aliphatic carbocycles. The molecule has 0 rings (SSSR count). The maximum Gasteiger partial charge on any atom is 0.359 e. The van der Waals surface area contributed by atoms with Crippen molar-refractivity contribution < 1.29 is 9.59 Å². The zero-order chi connectivity index (χ0) is 9.40. The van der Waals surface area contributed by atoms with Crippen molar-refractivity contribution in [2.75, 3.05) is 13.1 Å². The molecule has 0 fully saturated rings. The van der Waals surface area contributed by atoms with Crippen molar-refractivity contribution in [2.45, 2.75) is 13.8 Å². The summed E-state index contributed by atoms with van der Waals surface area (Å²) in [5, 5.41) is 10.9. The fraction of sp³-hybridized carbons (Fsp3) is 0.667. The van der Waals surface area contributed by atoms with Crippen LogP contribution in [0.25, 0.3) is 0 Å². The summed E-state index contributed by atoms with van der Waals surface area (Å²) in [6, 6.07) is -1.22. The van der Waals surface area contributed by atoms with Gasteiger partial charge in [-0.2, -0.15) is 0 Å². The first-order valence-corrected chi connectivity index (χ1v) is 3.68. The average molecular weight is 172 g/mol. The number of nitrogens with one attached hydrogen (secondary N) is 2. The molecule has 0 spiro atoms. The molecule has 4 amide bonds. The monoisotopic (exact) mass is 172 g/mol. The van der Waals surface area contributed by atoms with Crippen LogP contribution in [0.5, 0.6) is 0 Å². The van der Waals surface area contributed by atoms with Gasteiger partial charge in [-0.3, -0.25) is 0 Å². The van der Waals surface area contributed by atoms with E-state index >= 15 is 0 Å². The summed E-state index contributed by atoms with van der Waals surface area (Å²) < 4.78 is 0. The van der Waals surface area contributed by atoms with Gasteiger partial charge in [0.25, 0.3) is 0 Å². The largest absolute Gasteiger partial charge is 0.359 e. The number of carbonyl (C=O) groups excluding carboxylic acids is 2. The SMILES string of the molecule is CCNC(=O)N=NC(=O)NCC. The van der Waals surface area contributed by atoms with E-state index in [9.17, 15) is 9.59 Å². The second kappa shape index (κ2) is 6.26. The highest BCUT2D eigenvalue weighted by Crippen LogP contribution is 1.79. The molecular formula is C6H12N4O2. The summed E-state index contributed by atoms with van der Waals surface area (Å²) in [6.45, 7) is 4.43. The van der Waals surface area contributed by atoms with Crippen molar-refractivity contribution in [1.82, 2.24) is 10.6 Å². The van der Waals surface area contributed by atoms with Crippen LogP contribution in [0.3, 0.4) is 0 Å². The lowest BCUT2D eigenvalue weighted by atomic mass is 10.7. The van der Waals surface area contributed by atoms with Crippen LogP contribution in [-0.4, -0.2) is 25.2 Å². The topological polar surface area (TPSA) is 82.9 Å². The smallest absolute Gasteiger partial charge is 0.335 e. The van der Waals surface area contributed by atoms with Crippen LogP contribution in [0.4, 0.5) is 9.59 Å². The summed E-state index contributed by atoms with van der Waals surface area (Å²) in [5.41, 5.74) is 0. The number of azo groups is 1. The molecule has 0 unspecified atom stereocenters. The molecule has 0 aromatic heterocycles. The Hall–Kier alpha value is -1.46. The van der Waals surface area contributed by atoms with E-state index in [1.54, 1.807) is 13.8 Å². The van der Waals surface area contributed by atoms with Crippen LogP contribution in [0, 0.1) is 0 Å². The van der Waals surface area contributed by atoms with Crippen molar-refractivity contribution in [3.05, 3.63) is 0 Å². The first-order valence-electron chi connectivity index (χ1n) is 3.68. The van der Waals surface area contributed by atoms with Crippen molar-refractivity contribution in [3.63, 3.8) is 0 Å². The average Bonchev–Trinajstić information content (AvgIpc) is 2.02. The Morgan fingerprint density at radius 3 is 1.58 bits per heavy atom. The number of hydrogen-bond acceptors (Lipinski definition) is 2. The molecule has 0 aromatic rings. The third kappa shape index (κ3) is 5.33. The van der Waals surface area contributed by atoms with Gasteiger partial charge in [-0.15, -0.1) is 0 Å². The van der Waals surface area contributed by atoms with E-state index in [1.807, 2.05) is 0 Å². The fourth-order valence-electron chi connectivity index (χ4n) is 0.464. The molecule has 0 saturated carbocycles. The second-order valence-corrected chi connectivity index (χ2v) is 1.87. The van der Waals surface area contributed by atoms with Gasteiger partial charge in [-0.05, 0) is 13.8 Å². The molecule has 0 bridgehead atoms. The number of hydrogen-bond donors (Lipinski definition) is 2. The third-order valence-electron chi connectivity index (χ3n) is 0.888. The standard InChI is InChI=1S/C6H12N4O2/c1-3-7-5(11)9-10-6(12)8-4-2/h3-4H2,1-2H3,(H,7,11)(H,8,12). The predicted molar refractivity (Wildman–Crippen MR) is 43.0 cm³/mol. The van der Waals surface area contributed by atoms with Crippen molar-refractivity contribution in [3.8, 4) is 0 Å². The minimum atomic E-state index is -0.608. The zero-order valence-corrected chi connectivity index (χ0v) is 7.13. The lowest BCUT2D eigenvalue weighted by Crippen LogP contribution is -2.21. The van der Waals surface area contributed by atoms with E-state index in [4.69, 9.17) is 0 Å². The molecule has 0 aromatic carbocycles. The summed E-state index contributed by atoms with van der Waals surface area (Å²) in [7, 11) is 0. The molecule has 0 aliphatic rings. The lowest BCUT2D eigenvalue weighted by Gasteiger charge is -1.93. The molecule has 6 heteroatoms. The Labute approximate surface area is 70.4 Å². The van der Waals surface area contributed by atoms with E-state index in [0.717, 1.165) is 0 Å². The van der Waals surface area contributed by atoms with Gasteiger partial charge in [0, 0.05) is 13.1 Å². The van der Waals surface area contributed by atoms with E-state index in [-0.39, 0.29) is 0 Å². The van der Waals surface area contributed by atoms with Crippen molar-refractivity contribution >= 4 is 12.1 Å². The molecule has 0 atom stereocenters. The van der Waals surface area contributed by atoms with Crippen molar-refractivity contribution in [1.29, 1.82) is 0 Å². The van der Waals surface area contributed by atoms with Crippen LogP contribution in [0.2, 0.25) is 0 Å². The highest BCUT2D eigenvalue weighted by molar-refractivity contribution is 5.79. The summed E-state index contributed by atoms with van der Waals surface area (Å²) in [6.07, 6.45) is 0. The Balaban J connectivity index is 3.73. The quantitative estimate of drug-likeness (QED) is 0.606. The Bertz CT molecular complexity index is 170. The van der Waals surface area contributed by atoms with Crippen LogP contribution in [-0.2, 0) is 0 Å². The molecule has 2 N–H and O–H groups in total. The highest BCUT2D eigenvalue weighted by atomic mass is 16.2. The van der Waals surface area contributed by atoms with Gasteiger partial charge in [0.05, 0.1) is 0 Å². The van der Waals surface area contributed by atoms with Gasteiger partial charge < -0.3 is 10.6 Å². The summed E-state index contributed by atoms with van der Waals surface area (Å²) in [5.74, 6) is 0. The molecule has 0 saturated heterocycles. The summed E-state index contributed by atoms with van der Waals surface area (Å²) in [4.78, 5) is 21.2. The van der Waals surface area contributed by atoms with E-state index < -0.39 is 12.1 Å². The number of amides is 4. The van der Waals surface area contributed by atoms with E-state index in [0.29, 0.717) is 13.1 Å². The van der Waals surface area contributed by atoms with Crippen LogP contribution >= 0.6 is 0 Å². The normalized spacial score (nSPS) is 9.83. The minimum absolute atomic E-state index is 0.466. The first kappa shape index (κ1) is 10.5. The van der Waals surface area contributed by atoms with E-state index in [1.165, 1.54) is 0 Å². The van der Waals surface area contributed by atoms with Crippen LogP contribution < -0.4 is 10.6 Å². The Morgan fingerprint density at radius 1 is 1.00 bits per heavy atom. The predicted octanol–water partition coefficient (Wildman–Crippen LogP) is 0.898. The Morgan fingerprint density at radius 2 is 1.33 bits per heavy atom. The van der Waals surface area contributed by atoms with Crippen molar-refractivity contribution in [2.24, 2.45) is 10.2 Å². The highest BCUT2D eigenvalue weighted by Gasteiger charge is 1.97. The maximum absolute atomic E-state index is 10.6. The van der Waals surface area contributed by atoms with Gasteiger partial charge in [-0.1, -0.05) is 10.2 Å². The van der Waals surface area contributed by atoms with Gasteiger partial charge in [0.2, 0.25) is 0 Å². The van der Waals surface area contributed by atoms with Crippen LogP contribution in [0.1, 0.15) is 13.8 Å². The molecule has 0 heterocycles. The first-order chi connectivity index (χ1) is 5.70. The molecular weight excluding hydrogens is 160 g/mol. The number of urea groups is 2. The minimum Gasteiger partial charge on any atom is -0.335 e. The van der Waals surface area contributed by atoms with Gasteiger partial charge in [0.15, 0.2) is 0 Å². The molecule has 0 aliphatic heterocycles. The molecule has 12 heavy (non-hydrogen) atoms. The Kier molecular flexibility index (Phi) is 5.50. The summed E-state index contributed by atoms with van der Waals surface area (Å²) >= 11 is 0. The second-order valence-electron chi connectivity index (χ2n) is 1.87. The van der Waals surface area contributed by atoms with Gasteiger partial charge in [0.1, 0.15) is 0 Å². The van der Waals surface area contributed by atoms with E-state index in [2.05, 4.69) is 20.9 Å².